The Balaban J connectivity index is 3.19. The predicted molar refractivity (Wildman–Crippen MR) is 54.5 cm³/mol. The van der Waals surface area contributed by atoms with Crippen molar-refractivity contribution in [3.05, 3.63) is 22.9 Å². The molecule has 7 heteroatoms. The second-order valence-electron chi connectivity index (χ2n) is 3.22. The summed E-state index contributed by atoms with van der Waals surface area (Å²) in [6.45, 7) is 1.43. The van der Waals surface area contributed by atoms with Crippen molar-refractivity contribution in [2.45, 2.75) is 25.6 Å². The average Bonchev–Trinajstić information content (AvgIpc) is 2.21. The monoisotopic (exact) mass is 264 g/mol. The lowest BCUT2D eigenvalue weighted by Gasteiger charge is -2.13. The van der Waals surface area contributed by atoms with E-state index in [1.807, 2.05) is 0 Å². The van der Waals surface area contributed by atoms with Crippen LogP contribution < -0.4 is 4.74 Å². The Kier molecular flexibility index (Phi) is 4.18. The number of hydrogen-bond donors (Lipinski definition) is 0. The number of ether oxygens (including phenoxy) is 1. The van der Waals surface area contributed by atoms with Gasteiger partial charge in [-0.1, -0.05) is 0 Å². The van der Waals surface area contributed by atoms with Gasteiger partial charge in [-0.25, -0.2) is 4.98 Å². The molecule has 0 saturated carbocycles. The first kappa shape index (κ1) is 13.6. The van der Waals surface area contributed by atoms with E-state index < -0.39 is 12.2 Å². The molecule has 0 aromatic carbocycles. The molecule has 1 aromatic heterocycles. The number of pyridine rings is 1. The number of alkyl halides is 4. The molecule has 0 bridgehead atoms. The van der Waals surface area contributed by atoms with Gasteiger partial charge in [0.15, 0.2) is 0 Å². The van der Waals surface area contributed by atoms with Crippen LogP contribution in [0.5, 0.6) is 5.88 Å². The van der Waals surface area contributed by atoms with Crippen molar-refractivity contribution in [3.63, 3.8) is 0 Å². The highest BCUT2D eigenvalue weighted by Crippen LogP contribution is 2.27. The Labute approximate surface area is 101 Å². The molecule has 0 amide bonds. The first-order valence-corrected chi connectivity index (χ1v) is 5.09. The molecule has 1 heterocycles. The van der Waals surface area contributed by atoms with Crippen LogP contribution in [0.15, 0.2) is 6.07 Å². The fourth-order valence-electron chi connectivity index (χ4n) is 1.21. The van der Waals surface area contributed by atoms with E-state index in [9.17, 15) is 13.2 Å². The van der Waals surface area contributed by atoms with Gasteiger partial charge in [-0.05, 0) is 18.6 Å². The second kappa shape index (κ2) is 5.23. The van der Waals surface area contributed by atoms with Gasteiger partial charge >= 0.3 is 6.36 Å². The topological polar surface area (TPSA) is 45.9 Å². The zero-order valence-electron chi connectivity index (χ0n) is 8.81. The average molecular weight is 265 g/mol. The molecule has 0 saturated heterocycles. The van der Waals surface area contributed by atoms with E-state index in [4.69, 9.17) is 16.9 Å². The molecule has 0 aliphatic rings. The highest BCUT2D eigenvalue weighted by Gasteiger charge is 2.33. The van der Waals surface area contributed by atoms with E-state index in [-0.39, 0.29) is 23.6 Å². The first-order valence-electron chi connectivity index (χ1n) is 4.55. The lowest BCUT2D eigenvalue weighted by Crippen LogP contribution is -2.19. The molecular formula is C10H8ClF3N2O. The SMILES string of the molecule is Cc1c(CCl)cc(CC#N)nc1OC(F)(F)F. The summed E-state index contributed by atoms with van der Waals surface area (Å²) in [6.07, 6.45) is -4.91. The maximum atomic E-state index is 12.1. The van der Waals surface area contributed by atoms with Crippen molar-refractivity contribution < 1.29 is 17.9 Å². The predicted octanol–water partition coefficient (Wildman–Crippen LogP) is 3.09. The van der Waals surface area contributed by atoms with Crippen LogP contribution in [0, 0.1) is 18.3 Å². The smallest absolute Gasteiger partial charge is 0.388 e. The molecule has 0 unspecified atom stereocenters. The normalized spacial score (nSPS) is 11.1. The highest BCUT2D eigenvalue weighted by molar-refractivity contribution is 6.17. The van der Waals surface area contributed by atoms with Gasteiger partial charge in [0, 0.05) is 11.4 Å². The Morgan fingerprint density at radius 2 is 2.18 bits per heavy atom. The highest BCUT2D eigenvalue weighted by atomic mass is 35.5. The van der Waals surface area contributed by atoms with E-state index in [0.29, 0.717) is 5.56 Å². The summed E-state index contributed by atoms with van der Waals surface area (Å²) in [6, 6.07) is 3.30. The molecule has 0 spiro atoms. The Morgan fingerprint density at radius 3 is 2.65 bits per heavy atom. The number of hydrogen-bond acceptors (Lipinski definition) is 3. The van der Waals surface area contributed by atoms with Crippen molar-refractivity contribution in [2.75, 3.05) is 0 Å². The number of aromatic nitrogens is 1. The number of nitrogens with zero attached hydrogens (tertiary/aromatic N) is 2. The van der Waals surface area contributed by atoms with Crippen LogP contribution in [0.2, 0.25) is 0 Å². The molecule has 17 heavy (non-hydrogen) atoms. The summed E-state index contributed by atoms with van der Waals surface area (Å²) < 4.78 is 40.1. The van der Waals surface area contributed by atoms with Crippen molar-refractivity contribution in [3.8, 4) is 11.9 Å². The summed E-state index contributed by atoms with van der Waals surface area (Å²) in [7, 11) is 0. The molecule has 1 aromatic rings. The van der Waals surface area contributed by atoms with E-state index in [1.54, 1.807) is 6.07 Å². The molecule has 0 radical (unpaired) electrons. The second-order valence-corrected chi connectivity index (χ2v) is 3.49. The zero-order chi connectivity index (χ0) is 13.1. The van der Waals surface area contributed by atoms with Crippen LogP contribution in [-0.4, -0.2) is 11.3 Å². The quantitative estimate of drug-likeness (QED) is 0.788. The Hall–Kier alpha value is -1.48. The number of halogens is 4. The molecule has 3 nitrogen and oxygen atoms in total. The summed E-state index contributed by atoms with van der Waals surface area (Å²) in [4.78, 5) is 3.63. The third-order valence-corrected chi connectivity index (χ3v) is 2.29. The minimum Gasteiger partial charge on any atom is -0.388 e. The third-order valence-electron chi connectivity index (χ3n) is 2.01. The molecule has 1 rings (SSSR count). The molecule has 0 aliphatic carbocycles. The van der Waals surface area contributed by atoms with Crippen LogP contribution in [0.25, 0.3) is 0 Å². The molecule has 92 valence electrons. The minimum absolute atomic E-state index is 0.0288. The lowest BCUT2D eigenvalue weighted by atomic mass is 10.1. The van der Waals surface area contributed by atoms with Gasteiger partial charge in [0.1, 0.15) is 0 Å². The molecule has 0 N–H and O–H groups in total. The van der Waals surface area contributed by atoms with Gasteiger partial charge in [0.2, 0.25) is 5.88 Å². The van der Waals surface area contributed by atoms with Crippen molar-refractivity contribution in [2.24, 2.45) is 0 Å². The first-order chi connectivity index (χ1) is 7.87. The zero-order valence-corrected chi connectivity index (χ0v) is 9.56. The van der Waals surface area contributed by atoms with Crippen LogP contribution >= 0.6 is 11.6 Å². The fourth-order valence-corrected chi connectivity index (χ4v) is 1.49. The largest absolute Gasteiger partial charge is 0.574 e. The maximum absolute atomic E-state index is 12.1. The van der Waals surface area contributed by atoms with Crippen LogP contribution in [-0.2, 0) is 12.3 Å². The van der Waals surface area contributed by atoms with Crippen molar-refractivity contribution in [1.29, 1.82) is 5.26 Å². The van der Waals surface area contributed by atoms with Crippen LogP contribution in [0.3, 0.4) is 0 Å². The van der Waals surface area contributed by atoms with Gasteiger partial charge in [-0.2, -0.15) is 5.26 Å². The minimum atomic E-state index is -4.81. The summed E-state index contributed by atoms with van der Waals surface area (Å²) in [5, 5.41) is 8.49. The van der Waals surface area contributed by atoms with Crippen molar-refractivity contribution >= 4 is 11.6 Å². The number of nitriles is 1. The molecule has 0 aliphatic heterocycles. The van der Waals surface area contributed by atoms with Crippen LogP contribution in [0.4, 0.5) is 13.2 Å². The Bertz CT molecular complexity index is 454. The van der Waals surface area contributed by atoms with Gasteiger partial charge in [-0.3, -0.25) is 0 Å². The lowest BCUT2D eigenvalue weighted by molar-refractivity contribution is -0.276. The van der Waals surface area contributed by atoms with Crippen LogP contribution in [0.1, 0.15) is 16.8 Å². The summed E-state index contributed by atoms with van der Waals surface area (Å²) >= 11 is 5.60. The molecule has 0 atom stereocenters. The standard InChI is InChI=1S/C10H8ClF3N2O/c1-6-7(5-11)4-8(2-3-15)16-9(6)17-10(12,13)14/h4H,2,5H2,1H3. The van der Waals surface area contributed by atoms with Gasteiger partial charge in [0.25, 0.3) is 0 Å². The van der Waals surface area contributed by atoms with Gasteiger partial charge < -0.3 is 4.74 Å². The van der Waals surface area contributed by atoms with Gasteiger partial charge in [0.05, 0.1) is 18.2 Å². The third kappa shape index (κ3) is 3.79. The Morgan fingerprint density at radius 1 is 1.53 bits per heavy atom. The van der Waals surface area contributed by atoms with E-state index >= 15 is 0 Å². The molecular weight excluding hydrogens is 257 g/mol. The van der Waals surface area contributed by atoms with E-state index in [2.05, 4.69) is 9.72 Å². The van der Waals surface area contributed by atoms with E-state index in [1.165, 1.54) is 13.0 Å². The maximum Gasteiger partial charge on any atom is 0.574 e. The summed E-state index contributed by atoms with van der Waals surface area (Å²) in [5.41, 5.74) is 0.887. The van der Waals surface area contributed by atoms with E-state index in [0.717, 1.165) is 0 Å². The number of rotatable bonds is 3. The molecule has 0 fully saturated rings. The fraction of sp³-hybridized carbons (Fsp3) is 0.400. The summed E-state index contributed by atoms with van der Waals surface area (Å²) in [5.74, 6) is -0.526. The van der Waals surface area contributed by atoms with Gasteiger partial charge in [-0.15, -0.1) is 24.8 Å². The van der Waals surface area contributed by atoms with Crippen molar-refractivity contribution in [1.82, 2.24) is 4.98 Å².